The summed E-state index contributed by atoms with van der Waals surface area (Å²) in [5, 5.41) is 15.2. The molecule has 2 aromatic rings. The maximum Gasteiger partial charge on any atom is 0.293 e. The predicted molar refractivity (Wildman–Crippen MR) is 89.9 cm³/mol. The predicted octanol–water partition coefficient (Wildman–Crippen LogP) is 2.03. The molecule has 1 heterocycles. The Balaban J connectivity index is 2.22. The van der Waals surface area contributed by atoms with E-state index < -0.39 is 4.92 Å². The maximum atomic E-state index is 11.1. The highest BCUT2D eigenvalue weighted by molar-refractivity contribution is 5.82. The van der Waals surface area contributed by atoms with E-state index in [1.165, 1.54) is 12.3 Å². The maximum absolute atomic E-state index is 11.1. The number of hydrogen-bond acceptors (Lipinski definition) is 4. The zero-order valence-electron chi connectivity index (χ0n) is 12.7. The Morgan fingerprint density at radius 2 is 2.17 bits per heavy atom. The summed E-state index contributed by atoms with van der Waals surface area (Å²) in [6.45, 7) is 2.63. The molecule has 8 heteroatoms. The third-order valence-electron chi connectivity index (χ3n) is 3.00. The number of hydrogen-bond donors (Lipinski definition) is 2. The zero-order chi connectivity index (χ0) is 16.7. The van der Waals surface area contributed by atoms with Gasteiger partial charge in [0.25, 0.3) is 5.69 Å². The van der Waals surface area contributed by atoms with Crippen molar-refractivity contribution in [1.82, 2.24) is 9.99 Å². The lowest BCUT2D eigenvalue weighted by atomic mass is 10.2. The number of nitrogens with one attached hydrogen (secondary N) is 1. The highest BCUT2D eigenvalue weighted by atomic mass is 16.6. The molecule has 8 nitrogen and oxygen atoms in total. The fourth-order valence-corrected chi connectivity index (χ4v) is 1.97. The summed E-state index contributed by atoms with van der Waals surface area (Å²) in [5.74, 6) is 0.229. The summed E-state index contributed by atoms with van der Waals surface area (Å²) in [5.41, 5.74) is 9.43. The first-order chi connectivity index (χ1) is 11.1. The van der Waals surface area contributed by atoms with Crippen molar-refractivity contribution >= 4 is 17.9 Å². The highest BCUT2D eigenvalue weighted by Gasteiger charge is 2.15. The van der Waals surface area contributed by atoms with E-state index in [2.05, 4.69) is 15.5 Å². The first-order valence-corrected chi connectivity index (χ1v) is 7.13. The largest absolute Gasteiger partial charge is 0.369 e. The number of nitrogens with zero attached hydrogens (tertiary/aromatic N) is 4. The molecule has 1 aromatic heterocycles. The molecule has 0 atom stereocenters. The number of benzene rings is 1. The van der Waals surface area contributed by atoms with E-state index in [0.29, 0.717) is 17.9 Å². The molecule has 23 heavy (non-hydrogen) atoms. The van der Waals surface area contributed by atoms with Crippen molar-refractivity contribution in [1.29, 1.82) is 0 Å². The number of aliphatic imine (C=N–C) groups is 1. The van der Waals surface area contributed by atoms with Gasteiger partial charge in [0.15, 0.2) is 0 Å². The van der Waals surface area contributed by atoms with E-state index in [1.807, 2.05) is 6.92 Å². The number of nitrogens with two attached hydrogens (primary N) is 1. The minimum Gasteiger partial charge on any atom is -0.369 e. The Morgan fingerprint density at radius 1 is 1.39 bits per heavy atom. The molecule has 0 aliphatic carbocycles. The topological polar surface area (TPSA) is 111 Å². The van der Waals surface area contributed by atoms with E-state index >= 15 is 0 Å². The normalized spacial score (nSPS) is 11.8. The number of nitro groups is 1. The summed E-state index contributed by atoms with van der Waals surface area (Å²) in [4.78, 5) is 14.8. The van der Waals surface area contributed by atoms with Crippen LogP contribution in [0.5, 0.6) is 0 Å². The van der Waals surface area contributed by atoms with Crippen LogP contribution in [-0.2, 0) is 0 Å². The number of hydrazone groups is 1. The number of guanidine groups is 1. The third-order valence-corrected chi connectivity index (χ3v) is 3.00. The average Bonchev–Trinajstić information content (AvgIpc) is 3.01. The van der Waals surface area contributed by atoms with E-state index in [-0.39, 0.29) is 11.6 Å². The first kappa shape index (κ1) is 16.2. The lowest BCUT2D eigenvalue weighted by molar-refractivity contribution is -0.384. The molecule has 0 saturated heterocycles. The Hall–Kier alpha value is -3.16. The van der Waals surface area contributed by atoms with Crippen LogP contribution in [0.3, 0.4) is 0 Å². The number of aromatic nitrogens is 1. The molecule has 1 aromatic carbocycles. The lowest BCUT2D eigenvalue weighted by Crippen LogP contribution is -2.27. The van der Waals surface area contributed by atoms with Gasteiger partial charge in [0.2, 0.25) is 5.96 Å². The SMILES string of the molecule is CCCN=C(N)N/N=C/c1cccn1-c1ccccc1[N+](=O)[O-]. The van der Waals surface area contributed by atoms with E-state index in [9.17, 15) is 10.1 Å². The fourth-order valence-electron chi connectivity index (χ4n) is 1.97. The molecule has 0 spiro atoms. The van der Waals surface area contributed by atoms with E-state index in [4.69, 9.17) is 5.73 Å². The van der Waals surface area contributed by atoms with Gasteiger partial charge in [-0.3, -0.25) is 15.1 Å². The van der Waals surface area contributed by atoms with Crippen LogP contribution in [-0.4, -0.2) is 28.2 Å². The minimum absolute atomic E-state index is 0.0235. The van der Waals surface area contributed by atoms with Crippen LogP contribution < -0.4 is 11.2 Å². The van der Waals surface area contributed by atoms with E-state index in [1.54, 1.807) is 41.1 Å². The Morgan fingerprint density at radius 3 is 2.91 bits per heavy atom. The molecule has 0 bridgehead atoms. The Bertz CT molecular complexity index is 735. The second kappa shape index (κ2) is 7.74. The van der Waals surface area contributed by atoms with Crippen molar-refractivity contribution in [3.8, 4) is 5.69 Å². The van der Waals surface area contributed by atoms with Gasteiger partial charge in [-0.25, -0.2) is 5.43 Å². The van der Waals surface area contributed by atoms with Crippen LogP contribution in [0.2, 0.25) is 0 Å². The van der Waals surface area contributed by atoms with Crippen LogP contribution in [0.4, 0.5) is 5.69 Å². The van der Waals surface area contributed by atoms with Crippen LogP contribution in [0.25, 0.3) is 5.69 Å². The second-order valence-corrected chi connectivity index (χ2v) is 4.69. The van der Waals surface area contributed by atoms with Crippen LogP contribution in [0.15, 0.2) is 52.7 Å². The number of nitro benzene ring substituents is 1. The van der Waals surface area contributed by atoms with Crippen molar-refractivity contribution < 1.29 is 4.92 Å². The smallest absolute Gasteiger partial charge is 0.293 e. The highest BCUT2D eigenvalue weighted by Crippen LogP contribution is 2.23. The van der Waals surface area contributed by atoms with Crippen molar-refractivity contribution in [3.05, 3.63) is 58.4 Å². The molecule has 120 valence electrons. The van der Waals surface area contributed by atoms with Gasteiger partial charge in [0.1, 0.15) is 5.69 Å². The monoisotopic (exact) mass is 314 g/mol. The molecule has 0 aliphatic heterocycles. The summed E-state index contributed by atoms with van der Waals surface area (Å²) in [6.07, 6.45) is 4.16. The minimum atomic E-state index is -0.413. The number of rotatable bonds is 6. The Labute approximate surface area is 133 Å². The molecule has 2 rings (SSSR count). The molecule has 0 unspecified atom stereocenters. The van der Waals surface area contributed by atoms with Gasteiger partial charge in [0.05, 0.1) is 16.8 Å². The fraction of sp³-hybridized carbons (Fsp3) is 0.200. The van der Waals surface area contributed by atoms with Crippen molar-refractivity contribution in [2.45, 2.75) is 13.3 Å². The molecular weight excluding hydrogens is 296 g/mol. The van der Waals surface area contributed by atoms with Crippen molar-refractivity contribution in [2.24, 2.45) is 15.8 Å². The summed E-state index contributed by atoms with van der Waals surface area (Å²) < 4.78 is 1.68. The summed E-state index contributed by atoms with van der Waals surface area (Å²) in [7, 11) is 0. The van der Waals surface area contributed by atoms with E-state index in [0.717, 1.165) is 6.42 Å². The molecule has 0 amide bonds. The summed E-state index contributed by atoms with van der Waals surface area (Å²) in [6, 6.07) is 10.1. The van der Waals surface area contributed by atoms with Crippen molar-refractivity contribution in [3.63, 3.8) is 0 Å². The summed E-state index contributed by atoms with van der Waals surface area (Å²) >= 11 is 0. The molecule has 0 fully saturated rings. The van der Waals surface area contributed by atoms with Gasteiger partial charge in [0, 0.05) is 18.8 Å². The zero-order valence-corrected chi connectivity index (χ0v) is 12.7. The van der Waals surface area contributed by atoms with Crippen LogP contribution >= 0.6 is 0 Å². The molecule has 3 N–H and O–H groups in total. The molecular formula is C15H18N6O2. The number of para-hydroxylation sites is 2. The van der Waals surface area contributed by atoms with Gasteiger partial charge in [-0.05, 0) is 24.6 Å². The van der Waals surface area contributed by atoms with Gasteiger partial charge in [-0.1, -0.05) is 19.1 Å². The first-order valence-electron chi connectivity index (χ1n) is 7.13. The Kier molecular flexibility index (Phi) is 5.45. The molecule has 0 aliphatic rings. The molecule has 0 radical (unpaired) electrons. The van der Waals surface area contributed by atoms with Gasteiger partial charge >= 0.3 is 0 Å². The van der Waals surface area contributed by atoms with Crippen LogP contribution in [0, 0.1) is 10.1 Å². The third kappa shape index (κ3) is 4.16. The van der Waals surface area contributed by atoms with Gasteiger partial charge in [-0.15, -0.1) is 0 Å². The van der Waals surface area contributed by atoms with Crippen LogP contribution in [0.1, 0.15) is 19.0 Å². The lowest BCUT2D eigenvalue weighted by Gasteiger charge is -2.06. The average molecular weight is 314 g/mol. The van der Waals surface area contributed by atoms with Gasteiger partial charge in [-0.2, -0.15) is 5.10 Å². The molecule has 0 saturated carbocycles. The second-order valence-electron chi connectivity index (χ2n) is 4.69. The van der Waals surface area contributed by atoms with Crippen molar-refractivity contribution in [2.75, 3.05) is 6.54 Å². The quantitative estimate of drug-likeness (QED) is 0.368. The standard InChI is InChI=1S/C15H18N6O2/c1-2-9-17-15(16)19-18-11-12-6-5-10-20(12)13-7-3-4-8-14(13)21(22)23/h3-8,10-11H,2,9H2,1H3,(H3,16,17,19)/b18-11+. The van der Waals surface area contributed by atoms with Gasteiger partial charge < -0.3 is 10.3 Å².